The summed E-state index contributed by atoms with van der Waals surface area (Å²) in [7, 11) is 4.31. The average Bonchev–Trinajstić information content (AvgIpc) is 2.81. The Bertz CT molecular complexity index is 336. The van der Waals surface area contributed by atoms with Crippen molar-refractivity contribution in [3.05, 3.63) is 24.0 Å². The normalized spacial score (nSPS) is 19.2. The second-order valence-electron chi connectivity index (χ2n) is 4.57. The average molecular weight is 235 g/mol. The van der Waals surface area contributed by atoms with Crippen LogP contribution in [0.2, 0.25) is 0 Å². The van der Waals surface area contributed by atoms with Gasteiger partial charge in [0.25, 0.3) is 0 Å². The summed E-state index contributed by atoms with van der Waals surface area (Å²) in [6.07, 6.45) is 5.12. The largest absolute Gasteiger partial charge is 0.369 e. The Kier molecular flexibility index (Phi) is 5.42. The molecule has 0 aromatic carbocycles. The number of hydrogen-bond donors (Lipinski definition) is 0. The molecule has 1 atom stereocenters. The number of anilines is 1. The molecule has 0 spiro atoms. The zero-order valence-electron chi connectivity index (χ0n) is 11.8. The van der Waals surface area contributed by atoms with E-state index in [1.165, 1.54) is 17.7 Å². The van der Waals surface area contributed by atoms with Crippen LogP contribution in [0.5, 0.6) is 0 Å². The van der Waals surface area contributed by atoms with Gasteiger partial charge < -0.3 is 9.80 Å². The number of aryl methyl sites for hydroxylation is 1. The Morgan fingerprint density at radius 3 is 2.53 bits per heavy atom. The highest BCUT2D eigenvalue weighted by molar-refractivity contribution is 5.47. The molecule has 96 valence electrons. The molecule has 0 N–H and O–H groups in total. The standard InChI is InChI=1S/C12H19N3.C2H6/c1-10-6-12(8-13-7-10)15-5-4-11(9-15)14(2)3;1-2/h6-8,11H,4-5,9H2,1-3H3;1-2H3. The topological polar surface area (TPSA) is 19.4 Å². The third-order valence-electron chi connectivity index (χ3n) is 3.12. The van der Waals surface area contributed by atoms with Crippen molar-refractivity contribution in [2.75, 3.05) is 32.1 Å². The lowest BCUT2D eigenvalue weighted by Crippen LogP contribution is -2.31. The first kappa shape index (κ1) is 14.0. The van der Waals surface area contributed by atoms with E-state index in [1.54, 1.807) is 0 Å². The summed E-state index contributed by atoms with van der Waals surface area (Å²) in [5.74, 6) is 0. The molecule has 3 heteroatoms. The minimum Gasteiger partial charge on any atom is -0.369 e. The minimum atomic E-state index is 0.686. The molecule has 1 aromatic heterocycles. The van der Waals surface area contributed by atoms with Crippen LogP contribution >= 0.6 is 0 Å². The van der Waals surface area contributed by atoms with Crippen molar-refractivity contribution in [3.63, 3.8) is 0 Å². The van der Waals surface area contributed by atoms with Gasteiger partial charge in [0, 0.05) is 25.3 Å². The van der Waals surface area contributed by atoms with E-state index in [0.29, 0.717) is 6.04 Å². The maximum Gasteiger partial charge on any atom is 0.0555 e. The van der Waals surface area contributed by atoms with Gasteiger partial charge in [-0.1, -0.05) is 13.8 Å². The Hall–Kier alpha value is -1.09. The first-order valence-electron chi connectivity index (χ1n) is 6.50. The third kappa shape index (κ3) is 3.70. The molecule has 0 amide bonds. The number of pyridine rings is 1. The van der Waals surface area contributed by atoms with Crippen molar-refractivity contribution >= 4 is 5.69 Å². The van der Waals surface area contributed by atoms with Gasteiger partial charge in [-0.25, -0.2) is 0 Å². The summed E-state index contributed by atoms with van der Waals surface area (Å²) in [6.45, 7) is 8.36. The van der Waals surface area contributed by atoms with E-state index in [0.717, 1.165) is 13.1 Å². The molecule has 1 fully saturated rings. The van der Waals surface area contributed by atoms with E-state index in [2.05, 4.69) is 41.9 Å². The molecule has 0 bridgehead atoms. The maximum absolute atomic E-state index is 4.24. The molecule has 2 rings (SSSR count). The molecule has 17 heavy (non-hydrogen) atoms. The molecule has 1 aliphatic rings. The number of likely N-dealkylation sites (N-methyl/N-ethyl adjacent to an activating group) is 1. The highest BCUT2D eigenvalue weighted by atomic mass is 15.2. The van der Waals surface area contributed by atoms with Crippen molar-refractivity contribution in [2.45, 2.75) is 33.2 Å². The smallest absolute Gasteiger partial charge is 0.0555 e. The summed E-state index contributed by atoms with van der Waals surface area (Å²) < 4.78 is 0. The molecule has 0 saturated carbocycles. The van der Waals surface area contributed by atoms with Gasteiger partial charge in [0.15, 0.2) is 0 Å². The van der Waals surface area contributed by atoms with Crippen LogP contribution in [0.15, 0.2) is 18.5 Å². The number of nitrogens with zero attached hydrogens (tertiary/aromatic N) is 3. The van der Waals surface area contributed by atoms with Crippen molar-refractivity contribution in [3.8, 4) is 0 Å². The van der Waals surface area contributed by atoms with E-state index in [9.17, 15) is 0 Å². The van der Waals surface area contributed by atoms with Crippen LogP contribution in [-0.4, -0.2) is 43.1 Å². The van der Waals surface area contributed by atoms with Crippen molar-refractivity contribution in [1.82, 2.24) is 9.88 Å². The third-order valence-corrected chi connectivity index (χ3v) is 3.12. The SMILES string of the molecule is CC.Cc1cncc(N2CCC(N(C)C)C2)c1. The Labute approximate surface area is 105 Å². The van der Waals surface area contributed by atoms with Gasteiger partial charge in [0.05, 0.1) is 11.9 Å². The minimum absolute atomic E-state index is 0.686. The van der Waals surface area contributed by atoms with Crippen LogP contribution < -0.4 is 4.90 Å². The van der Waals surface area contributed by atoms with E-state index < -0.39 is 0 Å². The van der Waals surface area contributed by atoms with E-state index in [4.69, 9.17) is 0 Å². The van der Waals surface area contributed by atoms with Crippen molar-refractivity contribution < 1.29 is 0 Å². The van der Waals surface area contributed by atoms with Gasteiger partial charge in [-0.15, -0.1) is 0 Å². The van der Waals surface area contributed by atoms with Gasteiger partial charge in [0.1, 0.15) is 0 Å². The Morgan fingerprint density at radius 1 is 1.29 bits per heavy atom. The summed E-state index contributed by atoms with van der Waals surface area (Å²) in [5.41, 5.74) is 2.50. The highest BCUT2D eigenvalue weighted by Gasteiger charge is 2.24. The van der Waals surface area contributed by atoms with E-state index in [1.807, 2.05) is 26.2 Å². The van der Waals surface area contributed by atoms with Crippen LogP contribution in [0, 0.1) is 6.92 Å². The fourth-order valence-corrected chi connectivity index (χ4v) is 2.11. The number of aromatic nitrogens is 1. The summed E-state index contributed by atoms with van der Waals surface area (Å²) in [5, 5.41) is 0. The molecule has 1 aromatic rings. The Morgan fingerprint density at radius 2 is 2.00 bits per heavy atom. The lowest BCUT2D eigenvalue weighted by atomic mass is 10.2. The van der Waals surface area contributed by atoms with Gasteiger partial charge in [-0.2, -0.15) is 0 Å². The fourth-order valence-electron chi connectivity index (χ4n) is 2.11. The molecule has 0 radical (unpaired) electrons. The zero-order chi connectivity index (χ0) is 12.8. The quantitative estimate of drug-likeness (QED) is 0.785. The molecular weight excluding hydrogens is 210 g/mol. The summed E-state index contributed by atoms with van der Waals surface area (Å²) >= 11 is 0. The summed E-state index contributed by atoms with van der Waals surface area (Å²) in [6, 6.07) is 2.90. The second-order valence-corrected chi connectivity index (χ2v) is 4.57. The van der Waals surface area contributed by atoms with Gasteiger partial charge in [0.2, 0.25) is 0 Å². The van der Waals surface area contributed by atoms with E-state index in [-0.39, 0.29) is 0 Å². The fraction of sp³-hybridized carbons (Fsp3) is 0.643. The van der Waals surface area contributed by atoms with Crippen LogP contribution in [-0.2, 0) is 0 Å². The summed E-state index contributed by atoms with van der Waals surface area (Å²) in [4.78, 5) is 8.97. The Balaban J connectivity index is 0.000000686. The van der Waals surface area contributed by atoms with Crippen LogP contribution in [0.4, 0.5) is 5.69 Å². The molecule has 0 aliphatic carbocycles. The molecule has 2 heterocycles. The predicted octanol–water partition coefficient (Wildman–Crippen LogP) is 2.56. The van der Waals surface area contributed by atoms with Crippen LogP contribution in [0.1, 0.15) is 25.8 Å². The number of hydrogen-bond acceptors (Lipinski definition) is 3. The van der Waals surface area contributed by atoms with Crippen LogP contribution in [0.25, 0.3) is 0 Å². The molecule has 1 saturated heterocycles. The molecular formula is C14H25N3. The number of rotatable bonds is 2. The monoisotopic (exact) mass is 235 g/mol. The second kappa shape index (κ2) is 6.60. The van der Waals surface area contributed by atoms with Gasteiger partial charge >= 0.3 is 0 Å². The maximum atomic E-state index is 4.24. The van der Waals surface area contributed by atoms with Crippen LogP contribution in [0.3, 0.4) is 0 Å². The van der Waals surface area contributed by atoms with Gasteiger partial charge in [-0.3, -0.25) is 4.98 Å². The first-order chi connectivity index (χ1) is 8.16. The lowest BCUT2D eigenvalue weighted by molar-refractivity contribution is 0.315. The van der Waals surface area contributed by atoms with Crippen molar-refractivity contribution in [1.29, 1.82) is 0 Å². The molecule has 3 nitrogen and oxygen atoms in total. The predicted molar refractivity (Wildman–Crippen MR) is 74.6 cm³/mol. The zero-order valence-corrected chi connectivity index (χ0v) is 11.8. The lowest BCUT2D eigenvalue weighted by Gasteiger charge is -2.21. The first-order valence-corrected chi connectivity index (χ1v) is 6.50. The molecule has 1 aliphatic heterocycles. The highest BCUT2D eigenvalue weighted by Crippen LogP contribution is 2.21. The van der Waals surface area contributed by atoms with Gasteiger partial charge in [-0.05, 0) is 39.1 Å². The van der Waals surface area contributed by atoms with E-state index >= 15 is 0 Å². The molecule has 1 unspecified atom stereocenters. The van der Waals surface area contributed by atoms with Crippen molar-refractivity contribution in [2.24, 2.45) is 0 Å².